The summed E-state index contributed by atoms with van der Waals surface area (Å²) < 4.78 is 5.09. The normalized spacial score (nSPS) is 16.0. The second-order valence-corrected chi connectivity index (χ2v) is 3.93. The van der Waals surface area contributed by atoms with Crippen LogP contribution in [0.15, 0.2) is 24.3 Å². The topological polar surface area (TPSA) is 55.6 Å². The first-order valence-corrected chi connectivity index (χ1v) is 5.01. The molecule has 4 nitrogen and oxygen atoms in total. The number of likely N-dealkylation sites (tertiary alicyclic amines) is 1. The van der Waals surface area contributed by atoms with Gasteiger partial charge in [0.25, 0.3) is 0 Å². The van der Waals surface area contributed by atoms with Crippen LogP contribution >= 0.6 is 11.6 Å². The van der Waals surface area contributed by atoms with Crippen molar-refractivity contribution in [1.82, 2.24) is 4.90 Å². The van der Waals surface area contributed by atoms with E-state index in [1.54, 1.807) is 29.2 Å². The van der Waals surface area contributed by atoms with Gasteiger partial charge in [-0.15, -0.1) is 0 Å². The highest BCUT2D eigenvalue weighted by atomic mass is 35.5. The second-order valence-electron chi connectivity index (χ2n) is 3.49. The summed E-state index contributed by atoms with van der Waals surface area (Å²) in [7, 11) is 0. The minimum Gasteiger partial charge on any atom is -0.410 e. The highest BCUT2D eigenvalue weighted by molar-refractivity contribution is 6.30. The molecule has 0 aliphatic carbocycles. The number of hydrogen-bond donors (Lipinski definition) is 1. The molecule has 1 aliphatic heterocycles. The van der Waals surface area contributed by atoms with Crippen LogP contribution in [0.4, 0.5) is 4.79 Å². The quantitative estimate of drug-likeness (QED) is 0.789. The van der Waals surface area contributed by atoms with E-state index in [1.165, 1.54) is 0 Å². The minimum atomic E-state index is -0.376. The number of nitrogens with zero attached hydrogens (tertiary/aromatic N) is 1. The van der Waals surface area contributed by atoms with Gasteiger partial charge in [0, 0.05) is 24.2 Å². The monoisotopic (exact) mass is 226 g/mol. The van der Waals surface area contributed by atoms with Gasteiger partial charge >= 0.3 is 6.09 Å². The van der Waals surface area contributed by atoms with Crippen LogP contribution < -0.4 is 10.5 Å². The molecule has 0 aromatic heterocycles. The maximum absolute atomic E-state index is 11.5. The maximum atomic E-state index is 11.5. The van der Waals surface area contributed by atoms with Crippen molar-refractivity contribution in [1.29, 1.82) is 0 Å². The summed E-state index contributed by atoms with van der Waals surface area (Å²) in [5.74, 6) is 0.452. The summed E-state index contributed by atoms with van der Waals surface area (Å²) in [6.07, 6.45) is -0.376. The summed E-state index contributed by atoms with van der Waals surface area (Å²) >= 11 is 5.75. The molecule has 1 fully saturated rings. The summed E-state index contributed by atoms with van der Waals surface area (Å²) in [5.41, 5.74) is 5.55. The highest BCUT2D eigenvalue weighted by Gasteiger charge is 2.29. The van der Waals surface area contributed by atoms with Crippen molar-refractivity contribution in [3.8, 4) is 5.75 Å². The average Bonchev–Trinajstić information content (AvgIpc) is 2.13. The fourth-order valence-electron chi connectivity index (χ4n) is 1.36. The number of carbonyl (C=O) groups is 1. The third-order valence-corrected chi connectivity index (χ3v) is 2.40. The first kappa shape index (κ1) is 10.3. The molecule has 0 spiro atoms. The largest absolute Gasteiger partial charge is 0.415 e. The third kappa shape index (κ3) is 2.40. The lowest BCUT2D eigenvalue weighted by atomic mass is 10.1. The minimum absolute atomic E-state index is 0.0805. The second kappa shape index (κ2) is 4.08. The highest BCUT2D eigenvalue weighted by Crippen LogP contribution is 2.18. The zero-order valence-electron chi connectivity index (χ0n) is 8.02. The third-order valence-electron chi connectivity index (χ3n) is 2.17. The van der Waals surface area contributed by atoms with Gasteiger partial charge in [0.05, 0.1) is 0 Å². The average molecular weight is 227 g/mol. The predicted molar refractivity (Wildman–Crippen MR) is 57.0 cm³/mol. The fourth-order valence-corrected chi connectivity index (χ4v) is 1.54. The molecule has 2 rings (SSSR count). The number of rotatable bonds is 1. The van der Waals surface area contributed by atoms with Crippen molar-refractivity contribution in [3.05, 3.63) is 29.3 Å². The summed E-state index contributed by atoms with van der Waals surface area (Å²) in [6.45, 7) is 1.11. The molecule has 15 heavy (non-hydrogen) atoms. The molecule has 0 atom stereocenters. The molecule has 0 bridgehead atoms. The first-order valence-electron chi connectivity index (χ1n) is 4.63. The van der Waals surface area contributed by atoms with Crippen LogP contribution in [0.1, 0.15) is 0 Å². The summed E-state index contributed by atoms with van der Waals surface area (Å²) in [5, 5.41) is 0.542. The van der Waals surface area contributed by atoms with Crippen LogP contribution in [0.2, 0.25) is 5.02 Å². The molecule has 80 valence electrons. The molecular formula is C10H11ClN2O2. The number of benzene rings is 1. The number of carbonyl (C=O) groups excluding carboxylic acids is 1. The van der Waals surface area contributed by atoms with Crippen molar-refractivity contribution in [2.24, 2.45) is 5.73 Å². The van der Waals surface area contributed by atoms with Gasteiger partial charge in [-0.25, -0.2) is 4.79 Å². The van der Waals surface area contributed by atoms with Gasteiger partial charge in [0.15, 0.2) is 0 Å². The molecule has 1 aliphatic rings. The van der Waals surface area contributed by atoms with Crippen LogP contribution in [-0.4, -0.2) is 30.1 Å². The predicted octanol–water partition coefficient (Wildman–Crippen LogP) is 1.48. The van der Waals surface area contributed by atoms with Crippen molar-refractivity contribution < 1.29 is 9.53 Å². The van der Waals surface area contributed by atoms with E-state index in [-0.39, 0.29) is 12.1 Å². The van der Waals surface area contributed by atoms with Crippen LogP contribution in [0.3, 0.4) is 0 Å². The van der Waals surface area contributed by atoms with Crippen LogP contribution in [-0.2, 0) is 0 Å². The van der Waals surface area contributed by atoms with Gasteiger partial charge in [-0.2, -0.15) is 0 Å². The van der Waals surface area contributed by atoms with E-state index in [2.05, 4.69) is 0 Å². The first-order chi connectivity index (χ1) is 7.15. The van der Waals surface area contributed by atoms with E-state index in [4.69, 9.17) is 22.1 Å². The molecule has 1 heterocycles. The lowest BCUT2D eigenvalue weighted by Gasteiger charge is -2.35. The Labute approximate surface area is 92.6 Å². The van der Waals surface area contributed by atoms with Crippen molar-refractivity contribution in [3.63, 3.8) is 0 Å². The smallest absolute Gasteiger partial charge is 0.410 e. The molecule has 0 unspecified atom stereocenters. The van der Waals surface area contributed by atoms with Crippen molar-refractivity contribution >= 4 is 17.7 Å². The zero-order valence-corrected chi connectivity index (χ0v) is 8.78. The van der Waals surface area contributed by atoms with Crippen molar-refractivity contribution in [2.45, 2.75) is 6.04 Å². The Hall–Kier alpha value is -1.26. The molecule has 1 aromatic rings. The molecule has 1 amide bonds. The number of hydrogen-bond acceptors (Lipinski definition) is 3. The number of nitrogens with two attached hydrogens (primary N) is 1. The number of ether oxygens (including phenoxy) is 1. The van der Waals surface area contributed by atoms with Crippen molar-refractivity contribution in [2.75, 3.05) is 13.1 Å². The molecule has 0 saturated carbocycles. The summed E-state index contributed by atoms with van der Waals surface area (Å²) in [6, 6.07) is 6.81. The molecule has 1 aromatic carbocycles. The van der Waals surface area contributed by atoms with E-state index in [9.17, 15) is 4.79 Å². The van der Waals surface area contributed by atoms with Gasteiger partial charge in [-0.05, 0) is 18.2 Å². The van der Waals surface area contributed by atoms with E-state index in [1.807, 2.05) is 0 Å². The Morgan fingerprint density at radius 3 is 2.87 bits per heavy atom. The van der Waals surface area contributed by atoms with Gasteiger partial charge in [0.2, 0.25) is 0 Å². The molecule has 0 radical (unpaired) electrons. The Balaban J connectivity index is 1.94. The Bertz CT molecular complexity index is 377. The fraction of sp³-hybridized carbons (Fsp3) is 0.300. The van der Waals surface area contributed by atoms with Crippen LogP contribution in [0.5, 0.6) is 5.75 Å². The Kier molecular flexibility index (Phi) is 2.79. The SMILES string of the molecule is NC1CN(C(=O)Oc2cccc(Cl)c2)C1. The van der Waals surface area contributed by atoms with Crippen LogP contribution in [0, 0.1) is 0 Å². The molecule has 5 heteroatoms. The molecule has 1 saturated heterocycles. The lowest BCUT2D eigenvalue weighted by Crippen LogP contribution is -2.58. The standard InChI is InChI=1S/C10H11ClN2O2/c11-7-2-1-3-9(4-7)15-10(14)13-5-8(12)6-13/h1-4,8H,5-6,12H2. The van der Waals surface area contributed by atoms with Gasteiger partial charge in [-0.1, -0.05) is 17.7 Å². The molecular weight excluding hydrogens is 216 g/mol. The zero-order chi connectivity index (χ0) is 10.8. The lowest BCUT2D eigenvalue weighted by molar-refractivity contribution is 0.113. The van der Waals surface area contributed by atoms with Gasteiger partial charge in [-0.3, -0.25) is 0 Å². The molecule has 2 N–H and O–H groups in total. The van der Waals surface area contributed by atoms with E-state index in [0.29, 0.717) is 23.9 Å². The van der Waals surface area contributed by atoms with E-state index in [0.717, 1.165) is 0 Å². The van der Waals surface area contributed by atoms with Gasteiger partial charge < -0.3 is 15.4 Å². The van der Waals surface area contributed by atoms with Gasteiger partial charge in [0.1, 0.15) is 5.75 Å². The Morgan fingerprint density at radius 1 is 1.53 bits per heavy atom. The summed E-state index contributed by atoms with van der Waals surface area (Å²) in [4.78, 5) is 13.0. The Morgan fingerprint density at radius 2 is 2.27 bits per heavy atom. The number of amides is 1. The number of halogens is 1. The van der Waals surface area contributed by atoms with E-state index >= 15 is 0 Å². The van der Waals surface area contributed by atoms with Crippen LogP contribution in [0.25, 0.3) is 0 Å². The van der Waals surface area contributed by atoms with E-state index < -0.39 is 0 Å². The maximum Gasteiger partial charge on any atom is 0.415 e.